The number of benzene rings is 2. The van der Waals surface area contributed by atoms with Crippen LogP contribution in [-0.2, 0) is 9.59 Å². The number of azo groups is 1. The van der Waals surface area contributed by atoms with Gasteiger partial charge in [0, 0.05) is 42.7 Å². The quantitative estimate of drug-likeness (QED) is 0.176. The zero-order chi connectivity index (χ0) is 27.3. The van der Waals surface area contributed by atoms with Crippen molar-refractivity contribution in [1.29, 1.82) is 0 Å². The van der Waals surface area contributed by atoms with E-state index in [2.05, 4.69) is 20.9 Å². The fourth-order valence-corrected chi connectivity index (χ4v) is 6.91. The van der Waals surface area contributed by atoms with Crippen LogP contribution in [0.3, 0.4) is 0 Å². The molecule has 0 radical (unpaired) electrons. The fourth-order valence-electron chi connectivity index (χ4n) is 5.26. The number of rotatable bonds is 16. The fraction of sp³-hybridized carbons (Fsp3) is 0.516. The molecule has 0 aromatic heterocycles. The second-order valence-electron chi connectivity index (χ2n) is 10.6. The number of unbranched alkanes of at least 4 members (excludes halogenated alkanes) is 5. The van der Waals surface area contributed by atoms with Crippen molar-refractivity contribution in [3.8, 4) is 0 Å². The maximum absolute atomic E-state index is 12.4. The molecular weight excluding hydrogens is 508 g/mol. The molecule has 7 nitrogen and oxygen atoms in total. The molecule has 2 aliphatic rings. The van der Waals surface area contributed by atoms with Gasteiger partial charge in [-0.05, 0) is 73.8 Å². The number of Topliss-reactive ketones (excluding diaryl/α,β-unsaturated/α-hetero) is 1. The first-order chi connectivity index (χ1) is 19.1. The van der Waals surface area contributed by atoms with E-state index in [1.807, 2.05) is 42.1 Å². The monoisotopic (exact) mass is 548 g/mol. The maximum Gasteiger partial charge on any atom is 0.251 e. The number of nitrogens with one attached hydrogen (secondary N) is 2. The first kappa shape index (κ1) is 29.0. The van der Waals surface area contributed by atoms with Gasteiger partial charge in [-0.25, -0.2) is 0 Å². The van der Waals surface area contributed by atoms with Crippen LogP contribution in [0.5, 0.6) is 0 Å². The Hall–Kier alpha value is -3.00. The third kappa shape index (κ3) is 9.60. The normalized spacial score (nSPS) is 20.2. The van der Waals surface area contributed by atoms with Crippen molar-refractivity contribution in [2.45, 2.75) is 81.9 Å². The molecule has 39 heavy (non-hydrogen) atoms. The van der Waals surface area contributed by atoms with Crippen molar-refractivity contribution in [2.24, 2.45) is 16.1 Å². The van der Waals surface area contributed by atoms with Crippen LogP contribution in [-0.4, -0.2) is 41.2 Å². The lowest BCUT2D eigenvalue weighted by molar-refractivity contribution is -0.120. The Balaban J connectivity index is 0.975. The molecule has 2 heterocycles. The number of hydrogen-bond donors (Lipinski definition) is 2. The van der Waals surface area contributed by atoms with Gasteiger partial charge in [-0.15, -0.1) is 0 Å². The Morgan fingerprint density at radius 2 is 1.51 bits per heavy atom. The van der Waals surface area contributed by atoms with Crippen molar-refractivity contribution in [1.82, 2.24) is 10.6 Å². The predicted octanol–water partition coefficient (Wildman–Crippen LogP) is 6.92. The van der Waals surface area contributed by atoms with Gasteiger partial charge in [0.1, 0.15) is 5.78 Å². The SMILES string of the molecule is O=C(CCCCCCCNC(=O)c1ccc(N=Nc2ccccc2)cc1)CCCCC1SC[C@H]2CC(=O)N[C@@H]12. The highest BCUT2D eigenvalue weighted by Gasteiger charge is 2.42. The number of nitrogens with zero attached hydrogens (tertiary/aromatic N) is 2. The number of amides is 2. The summed E-state index contributed by atoms with van der Waals surface area (Å²) >= 11 is 1.99. The zero-order valence-electron chi connectivity index (χ0n) is 22.6. The summed E-state index contributed by atoms with van der Waals surface area (Å²) in [4.78, 5) is 36.2. The van der Waals surface area contributed by atoms with Gasteiger partial charge in [-0.1, -0.05) is 43.9 Å². The summed E-state index contributed by atoms with van der Waals surface area (Å²) in [5.74, 6) is 2.12. The van der Waals surface area contributed by atoms with Crippen LogP contribution in [0.4, 0.5) is 11.4 Å². The lowest BCUT2D eigenvalue weighted by Crippen LogP contribution is -2.34. The van der Waals surface area contributed by atoms with Crippen LogP contribution in [0.1, 0.15) is 81.0 Å². The Morgan fingerprint density at radius 1 is 0.846 bits per heavy atom. The molecule has 0 aliphatic carbocycles. The van der Waals surface area contributed by atoms with Crippen LogP contribution in [0.25, 0.3) is 0 Å². The largest absolute Gasteiger partial charge is 0.352 e. The van der Waals surface area contributed by atoms with Crippen LogP contribution in [0.15, 0.2) is 64.8 Å². The molecule has 2 aliphatic heterocycles. The van der Waals surface area contributed by atoms with Crippen LogP contribution in [0, 0.1) is 5.92 Å². The molecule has 2 aromatic rings. The van der Waals surface area contributed by atoms with Crippen molar-refractivity contribution in [2.75, 3.05) is 12.3 Å². The van der Waals surface area contributed by atoms with E-state index < -0.39 is 0 Å². The number of fused-ring (bicyclic) bond motifs is 1. The van der Waals surface area contributed by atoms with Crippen molar-refractivity contribution >= 4 is 40.7 Å². The van der Waals surface area contributed by atoms with E-state index in [9.17, 15) is 14.4 Å². The number of thioether (sulfide) groups is 1. The molecule has 4 rings (SSSR count). The highest BCUT2D eigenvalue weighted by Crippen LogP contribution is 2.39. The zero-order valence-corrected chi connectivity index (χ0v) is 23.5. The lowest BCUT2D eigenvalue weighted by Gasteiger charge is -2.17. The molecule has 2 fully saturated rings. The number of carbonyl (C=O) groups is 3. The molecule has 2 aromatic carbocycles. The molecule has 2 amide bonds. The summed E-state index contributed by atoms with van der Waals surface area (Å²) in [5.41, 5.74) is 2.11. The number of hydrogen-bond acceptors (Lipinski definition) is 6. The average Bonchev–Trinajstić information content (AvgIpc) is 3.51. The van der Waals surface area contributed by atoms with Gasteiger partial charge in [0.05, 0.1) is 11.4 Å². The Kier molecular flexibility index (Phi) is 11.6. The van der Waals surface area contributed by atoms with Gasteiger partial charge in [0.25, 0.3) is 5.91 Å². The Morgan fingerprint density at radius 3 is 2.28 bits per heavy atom. The molecule has 208 valence electrons. The molecule has 3 atom stereocenters. The van der Waals surface area contributed by atoms with E-state index in [4.69, 9.17) is 0 Å². The van der Waals surface area contributed by atoms with Gasteiger partial charge >= 0.3 is 0 Å². The smallest absolute Gasteiger partial charge is 0.251 e. The van der Waals surface area contributed by atoms with E-state index in [1.54, 1.807) is 24.3 Å². The van der Waals surface area contributed by atoms with Gasteiger partial charge < -0.3 is 10.6 Å². The third-order valence-corrected chi connectivity index (χ3v) is 9.06. The van der Waals surface area contributed by atoms with E-state index in [-0.39, 0.29) is 11.8 Å². The maximum atomic E-state index is 12.4. The molecule has 0 saturated carbocycles. The van der Waals surface area contributed by atoms with Gasteiger partial charge in [0.15, 0.2) is 0 Å². The first-order valence-electron chi connectivity index (χ1n) is 14.4. The summed E-state index contributed by atoms with van der Waals surface area (Å²) in [6.07, 6.45) is 10.2. The minimum Gasteiger partial charge on any atom is -0.352 e. The Labute approximate surface area is 236 Å². The molecule has 2 N–H and O–H groups in total. The van der Waals surface area contributed by atoms with Crippen molar-refractivity contribution in [3.05, 3.63) is 60.2 Å². The second kappa shape index (κ2) is 15.6. The van der Waals surface area contributed by atoms with Crippen LogP contribution >= 0.6 is 11.8 Å². The lowest BCUT2D eigenvalue weighted by atomic mass is 9.97. The van der Waals surface area contributed by atoms with E-state index in [0.29, 0.717) is 60.1 Å². The van der Waals surface area contributed by atoms with Crippen molar-refractivity contribution < 1.29 is 14.4 Å². The standard InChI is InChI=1S/C31H40N4O3S/c36-27(14-8-9-15-28-30-24(22-39-28)21-29(37)33-30)13-7-2-1-3-10-20-32-31(38)23-16-18-26(19-17-23)35-34-25-11-5-4-6-12-25/h4-6,11-12,16-19,24,28,30H,1-3,7-10,13-15,20-22H2,(H,32,38)(H,33,37)/t24-,28?,30-/m1/s1. The highest BCUT2D eigenvalue weighted by atomic mass is 32.2. The molecule has 0 bridgehead atoms. The molecule has 2 saturated heterocycles. The van der Waals surface area contributed by atoms with E-state index in [0.717, 1.165) is 62.8 Å². The van der Waals surface area contributed by atoms with Gasteiger partial charge in [-0.2, -0.15) is 22.0 Å². The second-order valence-corrected chi connectivity index (χ2v) is 11.8. The molecule has 0 spiro atoms. The van der Waals surface area contributed by atoms with Gasteiger partial charge in [0.2, 0.25) is 5.91 Å². The van der Waals surface area contributed by atoms with E-state index >= 15 is 0 Å². The summed E-state index contributed by atoms with van der Waals surface area (Å²) in [6, 6.07) is 17.0. The minimum atomic E-state index is -0.0773. The minimum absolute atomic E-state index is 0.0773. The van der Waals surface area contributed by atoms with Crippen LogP contribution in [0.2, 0.25) is 0 Å². The average molecular weight is 549 g/mol. The topological polar surface area (TPSA) is 100.0 Å². The number of carbonyl (C=O) groups excluding carboxylic acids is 3. The molecule has 1 unspecified atom stereocenters. The highest BCUT2D eigenvalue weighted by molar-refractivity contribution is 8.00. The van der Waals surface area contributed by atoms with Crippen LogP contribution < -0.4 is 10.6 Å². The van der Waals surface area contributed by atoms with E-state index in [1.165, 1.54) is 0 Å². The predicted molar refractivity (Wildman–Crippen MR) is 157 cm³/mol. The molecular formula is C31H40N4O3S. The first-order valence-corrected chi connectivity index (χ1v) is 15.4. The number of ketones is 1. The van der Waals surface area contributed by atoms with Gasteiger partial charge in [-0.3, -0.25) is 14.4 Å². The summed E-state index contributed by atoms with van der Waals surface area (Å²) < 4.78 is 0. The molecule has 8 heteroatoms. The summed E-state index contributed by atoms with van der Waals surface area (Å²) in [6.45, 7) is 0.651. The van der Waals surface area contributed by atoms with Crippen molar-refractivity contribution in [3.63, 3.8) is 0 Å². The summed E-state index contributed by atoms with van der Waals surface area (Å²) in [5, 5.41) is 15.0. The summed E-state index contributed by atoms with van der Waals surface area (Å²) in [7, 11) is 0. The third-order valence-electron chi connectivity index (χ3n) is 7.49. The Bertz CT molecular complexity index is 1110.